The van der Waals surface area contributed by atoms with Crippen molar-refractivity contribution in [2.45, 2.75) is 25.3 Å². The maximum absolute atomic E-state index is 13.8. The summed E-state index contributed by atoms with van der Waals surface area (Å²) in [6.07, 6.45) is 3.05. The Bertz CT molecular complexity index is 532. The highest BCUT2D eigenvalue weighted by Gasteiger charge is 2.48. The lowest BCUT2D eigenvalue weighted by molar-refractivity contribution is 0.331. The summed E-state index contributed by atoms with van der Waals surface area (Å²) >= 11 is 0. The van der Waals surface area contributed by atoms with Crippen LogP contribution in [0.25, 0.3) is 0 Å². The zero-order chi connectivity index (χ0) is 13.3. The third kappa shape index (κ3) is 1.77. The summed E-state index contributed by atoms with van der Waals surface area (Å²) < 4.78 is 24.0. The average Bonchev–Trinajstić information content (AvgIpc) is 3.09. The first-order valence-electron chi connectivity index (χ1n) is 5.60. The SMILES string of the molecule is COc1c(F)cc(C)c(C2(N=C=O)CC2)c1OC. The van der Waals surface area contributed by atoms with Crippen LogP contribution in [0.4, 0.5) is 4.39 Å². The number of aliphatic imine (C=N–C) groups is 1. The van der Waals surface area contributed by atoms with E-state index in [9.17, 15) is 9.18 Å². The third-order valence-corrected chi connectivity index (χ3v) is 3.24. The second-order valence-electron chi connectivity index (χ2n) is 4.35. The number of isocyanates is 1. The molecule has 2 rings (SSSR count). The average molecular weight is 251 g/mol. The van der Waals surface area contributed by atoms with Crippen LogP contribution in [0, 0.1) is 12.7 Å². The topological polar surface area (TPSA) is 47.9 Å². The minimum absolute atomic E-state index is 0.0467. The van der Waals surface area contributed by atoms with Gasteiger partial charge < -0.3 is 9.47 Å². The summed E-state index contributed by atoms with van der Waals surface area (Å²) in [5, 5.41) is 0. The molecular weight excluding hydrogens is 237 g/mol. The Kier molecular flexibility index (Phi) is 3.09. The zero-order valence-corrected chi connectivity index (χ0v) is 10.5. The monoisotopic (exact) mass is 251 g/mol. The van der Waals surface area contributed by atoms with E-state index in [0.29, 0.717) is 16.9 Å². The first kappa shape index (κ1) is 12.6. The number of nitrogens with zero attached hydrogens (tertiary/aromatic N) is 1. The van der Waals surface area contributed by atoms with Crippen LogP contribution in [-0.4, -0.2) is 20.3 Å². The number of methoxy groups -OCH3 is 2. The van der Waals surface area contributed by atoms with Crippen LogP contribution in [0.5, 0.6) is 11.5 Å². The van der Waals surface area contributed by atoms with Crippen molar-refractivity contribution >= 4 is 6.08 Å². The molecule has 1 aromatic rings. The molecule has 0 bridgehead atoms. The van der Waals surface area contributed by atoms with Gasteiger partial charge in [0.2, 0.25) is 6.08 Å². The fraction of sp³-hybridized carbons (Fsp3) is 0.462. The Morgan fingerprint density at radius 2 is 1.94 bits per heavy atom. The van der Waals surface area contributed by atoms with Gasteiger partial charge in [-0.15, -0.1) is 0 Å². The molecule has 0 aromatic heterocycles. The molecule has 0 N–H and O–H groups in total. The van der Waals surface area contributed by atoms with Crippen molar-refractivity contribution in [3.8, 4) is 11.5 Å². The van der Waals surface area contributed by atoms with Gasteiger partial charge in [-0.3, -0.25) is 0 Å². The van der Waals surface area contributed by atoms with Gasteiger partial charge in [-0.25, -0.2) is 9.18 Å². The van der Waals surface area contributed by atoms with Gasteiger partial charge in [0.25, 0.3) is 0 Å². The van der Waals surface area contributed by atoms with Crippen molar-refractivity contribution in [1.29, 1.82) is 0 Å². The molecule has 0 unspecified atom stereocenters. The van der Waals surface area contributed by atoms with E-state index in [1.54, 1.807) is 13.0 Å². The Balaban J connectivity index is 2.70. The van der Waals surface area contributed by atoms with Crippen molar-refractivity contribution in [1.82, 2.24) is 0 Å². The molecule has 1 saturated carbocycles. The van der Waals surface area contributed by atoms with E-state index in [0.717, 1.165) is 12.8 Å². The molecule has 1 aromatic carbocycles. The number of carbonyl (C=O) groups excluding carboxylic acids is 1. The molecule has 0 saturated heterocycles. The van der Waals surface area contributed by atoms with Gasteiger partial charge in [0.05, 0.1) is 14.2 Å². The smallest absolute Gasteiger partial charge is 0.235 e. The fourth-order valence-electron chi connectivity index (χ4n) is 2.32. The Morgan fingerprint density at radius 3 is 2.39 bits per heavy atom. The Labute approximate surface area is 104 Å². The summed E-state index contributed by atoms with van der Waals surface area (Å²) in [5.41, 5.74) is 0.797. The van der Waals surface area contributed by atoms with Crippen molar-refractivity contribution in [3.63, 3.8) is 0 Å². The van der Waals surface area contributed by atoms with E-state index >= 15 is 0 Å². The quantitative estimate of drug-likeness (QED) is 0.610. The number of ether oxygens (including phenoxy) is 2. The molecule has 1 aliphatic rings. The molecule has 0 aliphatic heterocycles. The maximum atomic E-state index is 13.8. The van der Waals surface area contributed by atoms with Gasteiger partial charge in [0, 0.05) is 5.56 Å². The van der Waals surface area contributed by atoms with Crippen LogP contribution in [0.2, 0.25) is 0 Å². The predicted molar refractivity (Wildman–Crippen MR) is 63.3 cm³/mol. The van der Waals surface area contributed by atoms with Crippen molar-refractivity contribution in [2.24, 2.45) is 4.99 Å². The van der Waals surface area contributed by atoms with Crippen molar-refractivity contribution in [2.75, 3.05) is 14.2 Å². The number of hydrogen-bond donors (Lipinski definition) is 0. The zero-order valence-electron chi connectivity index (χ0n) is 10.5. The van der Waals surface area contributed by atoms with Gasteiger partial charge >= 0.3 is 0 Å². The molecule has 4 nitrogen and oxygen atoms in total. The standard InChI is InChI=1S/C13H14FNO3/c1-8-6-9(14)11(17-2)12(18-3)10(8)13(4-5-13)15-7-16/h6H,4-5H2,1-3H3. The van der Waals surface area contributed by atoms with Crippen LogP contribution in [0.15, 0.2) is 11.1 Å². The molecular formula is C13H14FNO3. The number of halogens is 1. The third-order valence-electron chi connectivity index (χ3n) is 3.24. The molecule has 0 amide bonds. The highest BCUT2D eigenvalue weighted by atomic mass is 19.1. The van der Waals surface area contributed by atoms with Gasteiger partial charge in [0.15, 0.2) is 17.3 Å². The second kappa shape index (κ2) is 4.42. The summed E-state index contributed by atoms with van der Waals surface area (Å²) in [5.74, 6) is -0.126. The maximum Gasteiger partial charge on any atom is 0.235 e. The number of benzene rings is 1. The molecule has 96 valence electrons. The van der Waals surface area contributed by atoms with Crippen LogP contribution >= 0.6 is 0 Å². The number of aryl methyl sites for hydroxylation is 1. The molecule has 0 radical (unpaired) electrons. The van der Waals surface area contributed by atoms with Crippen LogP contribution in [0.3, 0.4) is 0 Å². The summed E-state index contributed by atoms with van der Waals surface area (Å²) in [6.45, 7) is 1.76. The first-order chi connectivity index (χ1) is 8.59. The van der Waals surface area contributed by atoms with Crippen molar-refractivity contribution < 1.29 is 18.7 Å². The molecule has 0 spiro atoms. The fourth-order valence-corrected chi connectivity index (χ4v) is 2.32. The largest absolute Gasteiger partial charge is 0.492 e. The van der Waals surface area contributed by atoms with E-state index in [2.05, 4.69) is 4.99 Å². The van der Waals surface area contributed by atoms with Gasteiger partial charge in [0.1, 0.15) is 5.54 Å². The summed E-state index contributed by atoms with van der Waals surface area (Å²) in [6, 6.07) is 1.37. The van der Waals surface area contributed by atoms with Crippen LogP contribution < -0.4 is 9.47 Å². The van der Waals surface area contributed by atoms with Gasteiger partial charge in [-0.2, -0.15) is 4.99 Å². The van der Waals surface area contributed by atoms with Gasteiger partial charge in [-0.05, 0) is 31.4 Å². The minimum atomic E-state index is -0.613. The number of hydrogen-bond acceptors (Lipinski definition) is 4. The molecule has 0 atom stereocenters. The Hall–Kier alpha value is -1.87. The lowest BCUT2D eigenvalue weighted by Crippen LogP contribution is -2.10. The first-order valence-corrected chi connectivity index (χ1v) is 5.60. The molecule has 5 heteroatoms. The predicted octanol–water partition coefficient (Wildman–Crippen LogP) is 2.48. The summed E-state index contributed by atoms with van der Waals surface area (Å²) in [4.78, 5) is 14.4. The second-order valence-corrected chi connectivity index (χ2v) is 4.35. The highest BCUT2D eigenvalue weighted by molar-refractivity contribution is 5.57. The van der Waals surface area contributed by atoms with E-state index < -0.39 is 11.4 Å². The van der Waals surface area contributed by atoms with E-state index in [1.807, 2.05) is 0 Å². The Morgan fingerprint density at radius 1 is 1.33 bits per heavy atom. The normalized spacial score (nSPS) is 15.8. The molecule has 1 fully saturated rings. The molecule has 0 heterocycles. The lowest BCUT2D eigenvalue weighted by Gasteiger charge is -2.19. The molecule has 18 heavy (non-hydrogen) atoms. The van der Waals surface area contributed by atoms with Crippen LogP contribution in [-0.2, 0) is 10.3 Å². The highest BCUT2D eigenvalue weighted by Crippen LogP contribution is 2.55. The van der Waals surface area contributed by atoms with E-state index in [4.69, 9.17) is 9.47 Å². The van der Waals surface area contributed by atoms with E-state index in [-0.39, 0.29) is 5.75 Å². The number of rotatable bonds is 4. The molecule has 1 aliphatic carbocycles. The van der Waals surface area contributed by atoms with Gasteiger partial charge in [-0.1, -0.05) is 0 Å². The van der Waals surface area contributed by atoms with Crippen LogP contribution in [0.1, 0.15) is 24.0 Å². The minimum Gasteiger partial charge on any atom is -0.492 e. The van der Waals surface area contributed by atoms with E-state index in [1.165, 1.54) is 20.3 Å². The lowest BCUT2D eigenvalue weighted by atomic mass is 9.97. The summed E-state index contributed by atoms with van der Waals surface area (Å²) in [7, 11) is 2.82. The van der Waals surface area contributed by atoms with Crippen molar-refractivity contribution in [3.05, 3.63) is 23.0 Å².